The van der Waals surface area contributed by atoms with Crippen LogP contribution in [0.2, 0.25) is 5.02 Å². The first kappa shape index (κ1) is 16.1. The van der Waals surface area contributed by atoms with E-state index in [0.717, 1.165) is 22.4 Å². The van der Waals surface area contributed by atoms with Crippen LogP contribution in [0, 0.1) is 20.8 Å². The average molecular weight is 315 g/mol. The second-order valence-corrected chi connectivity index (χ2v) is 5.78. The number of halogens is 1. The van der Waals surface area contributed by atoms with Crippen LogP contribution in [-0.2, 0) is 4.79 Å². The zero-order chi connectivity index (χ0) is 16.3. The largest absolute Gasteiger partial charge is 0.398 e. The maximum absolute atomic E-state index is 12.1. The van der Waals surface area contributed by atoms with Gasteiger partial charge in [-0.2, -0.15) is 0 Å². The van der Waals surface area contributed by atoms with Crippen LogP contribution < -0.4 is 11.1 Å². The highest BCUT2D eigenvalue weighted by Crippen LogP contribution is 2.22. The summed E-state index contributed by atoms with van der Waals surface area (Å²) in [6, 6.07) is 9.35. The molecule has 0 unspecified atom stereocenters. The van der Waals surface area contributed by atoms with Crippen molar-refractivity contribution in [3.63, 3.8) is 0 Å². The molecule has 0 radical (unpaired) electrons. The molecular formula is C18H19ClN2O. The molecule has 114 valence electrons. The molecule has 0 fully saturated rings. The van der Waals surface area contributed by atoms with Crippen molar-refractivity contribution in [3.8, 4) is 0 Å². The van der Waals surface area contributed by atoms with Crippen LogP contribution in [0.25, 0.3) is 6.08 Å². The topological polar surface area (TPSA) is 55.1 Å². The Bertz CT molecular complexity index is 728. The number of hydrogen-bond acceptors (Lipinski definition) is 2. The molecule has 4 heteroatoms. The van der Waals surface area contributed by atoms with Crippen LogP contribution in [0.15, 0.2) is 36.4 Å². The molecule has 0 aliphatic rings. The predicted octanol–water partition coefficient (Wildman–Crippen LogP) is 4.50. The van der Waals surface area contributed by atoms with Gasteiger partial charge in [0.05, 0.1) is 10.7 Å². The van der Waals surface area contributed by atoms with Gasteiger partial charge in [0.2, 0.25) is 5.91 Å². The Morgan fingerprint density at radius 3 is 2.36 bits per heavy atom. The van der Waals surface area contributed by atoms with Gasteiger partial charge in [-0.1, -0.05) is 35.4 Å². The summed E-state index contributed by atoms with van der Waals surface area (Å²) in [4.78, 5) is 12.1. The lowest BCUT2D eigenvalue weighted by atomic mass is 10.1. The fourth-order valence-electron chi connectivity index (χ4n) is 2.38. The number of nitrogens with two attached hydrogens (primary N) is 1. The zero-order valence-corrected chi connectivity index (χ0v) is 13.7. The van der Waals surface area contributed by atoms with E-state index in [0.29, 0.717) is 10.7 Å². The van der Waals surface area contributed by atoms with Gasteiger partial charge in [-0.05, 0) is 55.7 Å². The molecule has 0 aliphatic heterocycles. The maximum atomic E-state index is 12.1. The van der Waals surface area contributed by atoms with Crippen molar-refractivity contribution in [3.05, 3.63) is 63.7 Å². The highest BCUT2D eigenvalue weighted by atomic mass is 35.5. The maximum Gasteiger partial charge on any atom is 0.248 e. The molecular weight excluding hydrogens is 296 g/mol. The molecule has 0 bridgehead atoms. The van der Waals surface area contributed by atoms with E-state index in [1.165, 1.54) is 11.6 Å². The Hall–Kier alpha value is -2.26. The van der Waals surface area contributed by atoms with E-state index < -0.39 is 0 Å². The quantitative estimate of drug-likeness (QED) is 0.647. The van der Waals surface area contributed by atoms with Crippen LogP contribution in [0.3, 0.4) is 0 Å². The monoisotopic (exact) mass is 314 g/mol. The molecule has 2 rings (SSSR count). The van der Waals surface area contributed by atoms with E-state index in [9.17, 15) is 4.79 Å². The summed E-state index contributed by atoms with van der Waals surface area (Å²) in [5, 5.41) is 3.43. The fraction of sp³-hybridized carbons (Fsp3) is 0.167. The van der Waals surface area contributed by atoms with Crippen molar-refractivity contribution in [1.29, 1.82) is 0 Å². The van der Waals surface area contributed by atoms with E-state index in [1.54, 1.807) is 18.2 Å². The van der Waals surface area contributed by atoms with Crippen LogP contribution in [-0.4, -0.2) is 5.91 Å². The number of nitrogen functional groups attached to an aromatic ring is 1. The molecule has 0 spiro atoms. The summed E-state index contributed by atoms with van der Waals surface area (Å²) in [6.45, 7) is 6.01. The second kappa shape index (κ2) is 6.67. The van der Waals surface area contributed by atoms with E-state index >= 15 is 0 Å². The highest BCUT2D eigenvalue weighted by Gasteiger charge is 2.06. The Kier molecular flexibility index (Phi) is 4.88. The van der Waals surface area contributed by atoms with Gasteiger partial charge in [-0.15, -0.1) is 0 Å². The third-order valence-electron chi connectivity index (χ3n) is 3.37. The molecule has 3 nitrogen and oxygen atoms in total. The molecule has 2 aromatic rings. The minimum absolute atomic E-state index is 0.177. The molecule has 2 aromatic carbocycles. The highest BCUT2D eigenvalue weighted by molar-refractivity contribution is 6.33. The van der Waals surface area contributed by atoms with Gasteiger partial charge in [0, 0.05) is 11.8 Å². The van der Waals surface area contributed by atoms with E-state index in [2.05, 4.69) is 5.32 Å². The van der Waals surface area contributed by atoms with E-state index in [-0.39, 0.29) is 5.91 Å². The van der Waals surface area contributed by atoms with Gasteiger partial charge in [0.1, 0.15) is 0 Å². The number of aryl methyl sites for hydroxylation is 3. The number of rotatable bonds is 3. The first-order chi connectivity index (χ1) is 10.4. The smallest absolute Gasteiger partial charge is 0.248 e. The molecule has 0 aliphatic carbocycles. The molecule has 1 amide bonds. The molecule has 0 saturated carbocycles. The van der Waals surface area contributed by atoms with Crippen molar-refractivity contribution in [2.75, 3.05) is 11.1 Å². The van der Waals surface area contributed by atoms with Crippen molar-refractivity contribution < 1.29 is 4.79 Å². The Morgan fingerprint density at radius 2 is 1.77 bits per heavy atom. The van der Waals surface area contributed by atoms with E-state index in [4.69, 9.17) is 17.3 Å². The van der Waals surface area contributed by atoms with Gasteiger partial charge < -0.3 is 11.1 Å². The number of carbonyl (C=O) groups is 1. The molecule has 0 atom stereocenters. The molecule has 3 N–H and O–H groups in total. The molecule has 0 aromatic heterocycles. The predicted molar refractivity (Wildman–Crippen MR) is 94.2 cm³/mol. The molecule has 0 saturated heterocycles. The standard InChI is InChI=1S/C18H19ClN2O/c1-11-8-12(2)18(13(3)9-11)21-17(22)7-5-14-4-6-15(19)16(20)10-14/h4-10H,20H2,1-3H3,(H,21,22)/b7-5+. The van der Waals surface area contributed by atoms with Gasteiger partial charge in [0.25, 0.3) is 0 Å². The summed E-state index contributed by atoms with van der Waals surface area (Å²) in [5.74, 6) is -0.177. The fourth-order valence-corrected chi connectivity index (χ4v) is 2.50. The summed E-state index contributed by atoms with van der Waals surface area (Å²) in [6.07, 6.45) is 3.20. The lowest BCUT2D eigenvalue weighted by molar-refractivity contribution is -0.111. The van der Waals surface area contributed by atoms with Crippen molar-refractivity contribution in [1.82, 2.24) is 0 Å². The van der Waals surface area contributed by atoms with Crippen LogP contribution in [0.1, 0.15) is 22.3 Å². The summed E-state index contributed by atoms with van der Waals surface area (Å²) in [5.41, 5.74) is 11.2. The van der Waals surface area contributed by atoms with Gasteiger partial charge in [-0.3, -0.25) is 4.79 Å². The normalized spacial score (nSPS) is 10.9. The van der Waals surface area contributed by atoms with Crippen molar-refractivity contribution in [2.24, 2.45) is 0 Å². The SMILES string of the molecule is Cc1cc(C)c(NC(=O)/C=C/c2ccc(Cl)c(N)c2)c(C)c1. The van der Waals surface area contributed by atoms with Gasteiger partial charge in [-0.25, -0.2) is 0 Å². The lowest BCUT2D eigenvalue weighted by Gasteiger charge is -2.11. The number of amides is 1. The summed E-state index contributed by atoms with van der Waals surface area (Å²) < 4.78 is 0. The first-order valence-corrected chi connectivity index (χ1v) is 7.36. The van der Waals surface area contributed by atoms with Crippen LogP contribution >= 0.6 is 11.6 Å². The number of nitrogens with one attached hydrogen (secondary N) is 1. The third kappa shape index (κ3) is 3.89. The minimum atomic E-state index is -0.177. The number of benzene rings is 2. The average Bonchev–Trinajstić information content (AvgIpc) is 2.44. The number of hydrogen-bond donors (Lipinski definition) is 2. The second-order valence-electron chi connectivity index (χ2n) is 5.38. The van der Waals surface area contributed by atoms with Gasteiger partial charge >= 0.3 is 0 Å². The Labute approximate surface area is 135 Å². The van der Waals surface area contributed by atoms with E-state index in [1.807, 2.05) is 39.0 Å². The van der Waals surface area contributed by atoms with Crippen molar-refractivity contribution >= 4 is 35.0 Å². The zero-order valence-electron chi connectivity index (χ0n) is 12.9. The van der Waals surface area contributed by atoms with Gasteiger partial charge in [0.15, 0.2) is 0 Å². The number of anilines is 2. The minimum Gasteiger partial charge on any atom is -0.398 e. The molecule has 22 heavy (non-hydrogen) atoms. The third-order valence-corrected chi connectivity index (χ3v) is 3.72. The van der Waals surface area contributed by atoms with Crippen molar-refractivity contribution in [2.45, 2.75) is 20.8 Å². The summed E-state index contributed by atoms with van der Waals surface area (Å²) >= 11 is 5.87. The Balaban J connectivity index is 2.13. The first-order valence-electron chi connectivity index (χ1n) is 6.99. The Morgan fingerprint density at radius 1 is 1.14 bits per heavy atom. The summed E-state index contributed by atoms with van der Waals surface area (Å²) in [7, 11) is 0. The van der Waals surface area contributed by atoms with Crippen LogP contribution in [0.5, 0.6) is 0 Å². The van der Waals surface area contributed by atoms with Crippen LogP contribution in [0.4, 0.5) is 11.4 Å². The lowest BCUT2D eigenvalue weighted by Crippen LogP contribution is -2.10. The molecule has 0 heterocycles. The number of carbonyl (C=O) groups excluding carboxylic acids is 1.